The molecule has 0 amide bonds. The Morgan fingerprint density at radius 2 is 2.18 bits per heavy atom. The van der Waals surface area contributed by atoms with Gasteiger partial charge in [0.1, 0.15) is 0 Å². The van der Waals surface area contributed by atoms with Gasteiger partial charge in [0, 0.05) is 18.3 Å². The largest absolute Gasteiger partial charge is 0.270 e. The lowest BCUT2D eigenvalue weighted by atomic mass is 10.3. The molecule has 2 rings (SSSR count). The van der Waals surface area contributed by atoms with Crippen molar-refractivity contribution in [1.29, 1.82) is 0 Å². The highest BCUT2D eigenvalue weighted by Gasteiger charge is 2.04. The van der Waals surface area contributed by atoms with Gasteiger partial charge in [-0.1, -0.05) is 0 Å². The lowest BCUT2D eigenvalue weighted by Gasteiger charge is -2.04. The Balaban J connectivity index is 2.22. The molecule has 0 atom stereocenters. The summed E-state index contributed by atoms with van der Waals surface area (Å²) >= 11 is 0. The third-order valence-corrected chi connectivity index (χ3v) is 2.51. The van der Waals surface area contributed by atoms with Crippen LogP contribution < -0.4 is 5.56 Å². The first-order chi connectivity index (χ1) is 8.06. The molecule has 0 fully saturated rings. The minimum absolute atomic E-state index is 0.0934. The van der Waals surface area contributed by atoms with Gasteiger partial charge in [-0.2, -0.15) is 10.2 Å². The van der Waals surface area contributed by atoms with Crippen LogP contribution in [0, 0.1) is 6.92 Å². The molecule has 2 aromatic heterocycles. The van der Waals surface area contributed by atoms with E-state index >= 15 is 0 Å². The Bertz CT molecular complexity index is 568. The monoisotopic (exact) mass is 232 g/mol. The zero-order chi connectivity index (χ0) is 12.4. The molecule has 0 N–H and O–H groups in total. The van der Waals surface area contributed by atoms with E-state index in [4.69, 9.17) is 0 Å². The molecule has 0 aliphatic rings. The average molecular weight is 232 g/mol. The predicted molar refractivity (Wildman–Crippen MR) is 64.9 cm³/mol. The highest BCUT2D eigenvalue weighted by Crippen LogP contribution is 2.04. The normalized spacial score (nSPS) is 11.1. The first-order valence-electron chi connectivity index (χ1n) is 5.64. The first kappa shape index (κ1) is 11.6. The first-order valence-corrected chi connectivity index (χ1v) is 5.64. The summed E-state index contributed by atoms with van der Waals surface area (Å²) in [6.07, 6.45) is 3.60. The molecular weight excluding hydrogens is 216 g/mol. The van der Waals surface area contributed by atoms with E-state index in [2.05, 4.69) is 24.0 Å². The van der Waals surface area contributed by atoms with E-state index in [1.54, 1.807) is 12.3 Å². The van der Waals surface area contributed by atoms with Crippen molar-refractivity contribution in [2.45, 2.75) is 33.4 Å². The summed E-state index contributed by atoms with van der Waals surface area (Å²) in [5, 5.41) is 8.47. The summed E-state index contributed by atoms with van der Waals surface area (Å²) in [5.74, 6) is 0. The summed E-state index contributed by atoms with van der Waals surface area (Å²) < 4.78 is 3.29. The molecular formula is C12H16N4O. The lowest BCUT2D eigenvalue weighted by Crippen LogP contribution is -2.23. The second kappa shape index (κ2) is 4.53. The summed E-state index contributed by atoms with van der Waals surface area (Å²) in [5.41, 5.74) is 1.63. The fourth-order valence-electron chi connectivity index (χ4n) is 1.55. The van der Waals surface area contributed by atoms with E-state index in [1.165, 1.54) is 4.68 Å². The zero-order valence-electron chi connectivity index (χ0n) is 10.3. The SMILES string of the molecule is Cc1cnn(Cc2ccn(C(C)C)n2)c(=O)c1. The van der Waals surface area contributed by atoms with E-state index < -0.39 is 0 Å². The Morgan fingerprint density at radius 1 is 1.41 bits per heavy atom. The number of aryl methyl sites for hydroxylation is 1. The third-order valence-electron chi connectivity index (χ3n) is 2.51. The molecule has 0 bridgehead atoms. The van der Waals surface area contributed by atoms with Gasteiger partial charge in [0.25, 0.3) is 5.56 Å². The van der Waals surface area contributed by atoms with Gasteiger partial charge >= 0.3 is 0 Å². The van der Waals surface area contributed by atoms with E-state index in [1.807, 2.05) is 23.9 Å². The van der Waals surface area contributed by atoms with Crippen LogP contribution in [-0.2, 0) is 6.54 Å². The minimum atomic E-state index is -0.0934. The molecule has 2 heterocycles. The second-order valence-electron chi connectivity index (χ2n) is 4.41. The van der Waals surface area contributed by atoms with Crippen LogP contribution in [0.2, 0.25) is 0 Å². The summed E-state index contributed by atoms with van der Waals surface area (Å²) in [6.45, 7) is 6.39. The maximum Gasteiger partial charge on any atom is 0.267 e. The Labute approximate surface area is 99.7 Å². The standard InChI is InChI=1S/C12H16N4O/c1-9(2)15-5-4-11(14-15)8-16-12(17)6-10(3)7-13-16/h4-7,9H,8H2,1-3H3. The molecule has 17 heavy (non-hydrogen) atoms. The molecule has 0 saturated carbocycles. The van der Waals surface area contributed by atoms with Crippen molar-refractivity contribution >= 4 is 0 Å². The van der Waals surface area contributed by atoms with E-state index in [0.717, 1.165) is 11.3 Å². The fourth-order valence-corrected chi connectivity index (χ4v) is 1.55. The van der Waals surface area contributed by atoms with Gasteiger partial charge in [0.05, 0.1) is 18.4 Å². The van der Waals surface area contributed by atoms with Crippen molar-refractivity contribution in [2.75, 3.05) is 0 Å². The van der Waals surface area contributed by atoms with Crippen molar-refractivity contribution in [3.05, 3.63) is 46.1 Å². The van der Waals surface area contributed by atoms with Crippen molar-refractivity contribution in [3.8, 4) is 0 Å². The van der Waals surface area contributed by atoms with Crippen LogP contribution in [0.4, 0.5) is 0 Å². The lowest BCUT2D eigenvalue weighted by molar-refractivity contribution is 0.518. The van der Waals surface area contributed by atoms with E-state index in [9.17, 15) is 4.79 Å². The number of aromatic nitrogens is 4. The van der Waals surface area contributed by atoms with E-state index in [0.29, 0.717) is 12.6 Å². The van der Waals surface area contributed by atoms with Crippen LogP contribution in [0.25, 0.3) is 0 Å². The van der Waals surface area contributed by atoms with Gasteiger partial charge in [0.15, 0.2) is 0 Å². The summed E-state index contributed by atoms with van der Waals surface area (Å²) in [6, 6.07) is 3.81. The van der Waals surface area contributed by atoms with Crippen molar-refractivity contribution in [1.82, 2.24) is 19.6 Å². The summed E-state index contributed by atoms with van der Waals surface area (Å²) in [4.78, 5) is 11.7. The highest BCUT2D eigenvalue weighted by atomic mass is 16.1. The zero-order valence-corrected chi connectivity index (χ0v) is 10.3. The summed E-state index contributed by atoms with van der Waals surface area (Å²) in [7, 11) is 0. The molecule has 0 radical (unpaired) electrons. The molecule has 0 aliphatic heterocycles. The van der Waals surface area contributed by atoms with Crippen LogP contribution in [0.5, 0.6) is 0 Å². The minimum Gasteiger partial charge on any atom is -0.270 e. The average Bonchev–Trinajstić information content (AvgIpc) is 2.71. The van der Waals surface area contributed by atoms with E-state index in [-0.39, 0.29) is 5.56 Å². The van der Waals surface area contributed by atoms with Gasteiger partial charge in [-0.25, -0.2) is 4.68 Å². The van der Waals surface area contributed by atoms with Crippen LogP contribution in [-0.4, -0.2) is 19.6 Å². The molecule has 2 aromatic rings. The Morgan fingerprint density at radius 3 is 2.76 bits per heavy atom. The van der Waals surface area contributed by atoms with Crippen LogP contribution in [0.15, 0.2) is 29.3 Å². The van der Waals surface area contributed by atoms with Crippen LogP contribution in [0.3, 0.4) is 0 Å². The molecule has 0 unspecified atom stereocenters. The van der Waals surface area contributed by atoms with Gasteiger partial charge in [-0.15, -0.1) is 0 Å². The molecule has 0 aromatic carbocycles. The predicted octanol–water partition coefficient (Wildman–Crippen LogP) is 1.38. The van der Waals surface area contributed by atoms with Crippen molar-refractivity contribution in [3.63, 3.8) is 0 Å². The Hall–Kier alpha value is -1.91. The fraction of sp³-hybridized carbons (Fsp3) is 0.417. The smallest absolute Gasteiger partial charge is 0.267 e. The van der Waals surface area contributed by atoms with Crippen LogP contribution in [0.1, 0.15) is 31.1 Å². The molecule has 5 heteroatoms. The van der Waals surface area contributed by atoms with Gasteiger partial charge in [0.2, 0.25) is 0 Å². The van der Waals surface area contributed by atoms with Gasteiger partial charge in [-0.3, -0.25) is 9.48 Å². The molecule has 0 spiro atoms. The number of hydrogen-bond acceptors (Lipinski definition) is 3. The second-order valence-corrected chi connectivity index (χ2v) is 4.41. The highest BCUT2D eigenvalue weighted by molar-refractivity contribution is 5.05. The van der Waals surface area contributed by atoms with Crippen LogP contribution >= 0.6 is 0 Å². The maximum atomic E-state index is 11.7. The Kier molecular flexibility index (Phi) is 3.08. The third kappa shape index (κ3) is 2.61. The topological polar surface area (TPSA) is 52.7 Å². The van der Waals surface area contributed by atoms with Crippen molar-refractivity contribution in [2.24, 2.45) is 0 Å². The molecule has 90 valence electrons. The van der Waals surface area contributed by atoms with Gasteiger partial charge in [-0.05, 0) is 32.4 Å². The number of rotatable bonds is 3. The maximum absolute atomic E-state index is 11.7. The molecule has 5 nitrogen and oxygen atoms in total. The van der Waals surface area contributed by atoms with Crippen molar-refractivity contribution < 1.29 is 0 Å². The quantitative estimate of drug-likeness (QED) is 0.803. The van der Waals surface area contributed by atoms with Gasteiger partial charge < -0.3 is 0 Å². The number of hydrogen-bond donors (Lipinski definition) is 0. The number of nitrogens with zero attached hydrogens (tertiary/aromatic N) is 4. The molecule has 0 aliphatic carbocycles. The molecule has 0 saturated heterocycles.